The van der Waals surface area contributed by atoms with Gasteiger partial charge in [0, 0.05) is 6.08 Å². The number of rotatable bonds is 9. The summed E-state index contributed by atoms with van der Waals surface area (Å²) in [6.07, 6.45) is 3.12. The lowest BCUT2D eigenvalue weighted by molar-refractivity contribution is -0.137. The SMILES string of the molecule is CCOC(=O)/C=C(C)/C=C(\C)C[C@@H](O)c1ccc(OCCO)cc1. The maximum Gasteiger partial charge on any atom is 0.330 e. The van der Waals surface area contributed by atoms with Crippen LogP contribution in [-0.2, 0) is 9.53 Å². The van der Waals surface area contributed by atoms with E-state index in [2.05, 4.69) is 0 Å². The molecule has 0 aliphatic heterocycles. The third-order valence-electron chi connectivity index (χ3n) is 3.25. The van der Waals surface area contributed by atoms with Gasteiger partial charge in [0.1, 0.15) is 12.4 Å². The molecule has 0 aliphatic carbocycles. The van der Waals surface area contributed by atoms with Gasteiger partial charge in [-0.1, -0.05) is 23.8 Å². The van der Waals surface area contributed by atoms with Gasteiger partial charge in [0.25, 0.3) is 0 Å². The number of ether oxygens (including phenoxy) is 2. The molecule has 0 aliphatic rings. The number of hydrogen-bond donors (Lipinski definition) is 2. The number of allylic oxidation sites excluding steroid dienone is 2. The molecule has 2 N–H and O–H groups in total. The van der Waals surface area contributed by atoms with Gasteiger partial charge in [-0.25, -0.2) is 4.79 Å². The van der Waals surface area contributed by atoms with Crippen molar-refractivity contribution in [1.29, 1.82) is 0 Å². The standard InChI is InChI=1S/C19H26O5/c1-4-23-19(22)13-15(3)11-14(2)12-18(21)16-5-7-17(8-6-16)24-10-9-20/h5-8,11,13,18,20-21H,4,9-10,12H2,1-3H3/b14-11+,15-13+/t18-/m1/s1. The quantitative estimate of drug-likeness (QED) is 0.412. The van der Waals surface area contributed by atoms with E-state index in [1.807, 2.05) is 19.9 Å². The Morgan fingerprint density at radius 2 is 1.88 bits per heavy atom. The molecule has 1 aromatic carbocycles. The normalized spacial score (nSPS) is 13.5. The summed E-state index contributed by atoms with van der Waals surface area (Å²) in [7, 11) is 0. The molecule has 0 bridgehead atoms. The maximum atomic E-state index is 11.4. The van der Waals surface area contributed by atoms with Gasteiger partial charge in [0.15, 0.2) is 0 Å². The van der Waals surface area contributed by atoms with E-state index in [0.29, 0.717) is 18.8 Å². The summed E-state index contributed by atoms with van der Waals surface area (Å²) < 4.78 is 10.1. The van der Waals surface area contributed by atoms with Crippen LogP contribution in [0, 0.1) is 0 Å². The first-order valence-corrected chi connectivity index (χ1v) is 8.00. The van der Waals surface area contributed by atoms with E-state index in [1.54, 1.807) is 31.2 Å². The van der Waals surface area contributed by atoms with Gasteiger partial charge < -0.3 is 19.7 Å². The van der Waals surface area contributed by atoms with E-state index >= 15 is 0 Å². The second-order valence-electron chi connectivity index (χ2n) is 5.49. The zero-order valence-electron chi connectivity index (χ0n) is 14.5. The zero-order valence-corrected chi connectivity index (χ0v) is 14.5. The number of benzene rings is 1. The van der Waals surface area contributed by atoms with Crippen LogP contribution in [0.15, 0.2) is 47.6 Å². The zero-order chi connectivity index (χ0) is 17.9. The van der Waals surface area contributed by atoms with Crippen LogP contribution in [-0.4, -0.2) is 36.0 Å². The molecule has 0 aromatic heterocycles. The van der Waals surface area contributed by atoms with Gasteiger partial charge in [0.05, 0.1) is 19.3 Å². The summed E-state index contributed by atoms with van der Waals surface area (Å²) in [5.74, 6) is 0.290. The minimum Gasteiger partial charge on any atom is -0.491 e. The van der Waals surface area contributed by atoms with E-state index in [-0.39, 0.29) is 19.2 Å². The van der Waals surface area contributed by atoms with Crippen LogP contribution < -0.4 is 4.74 Å². The monoisotopic (exact) mass is 334 g/mol. The van der Waals surface area contributed by atoms with Gasteiger partial charge in [-0.05, 0) is 50.5 Å². The molecule has 5 nitrogen and oxygen atoms in total. The minimum absolute atomic E-state index is 0.0347. The predicted molar refractivity (Wildman–Crippen MR) is 92.7 cm³/mol. The molecule has 0 spiro atoms. The first-order valence-electron chi connectivity index (χ1n) is 8.00. The van der Waals surface area contributed by atoms with Gasteiger partial charge >= 0.3 is 5.97 Å². The highest BCUT2D eigenvalue weighted by atomic mass is 16.5. The number of esters is 1. The second kappa shape index (κ2) is 10.6. The Morgan fingerprint density at radius 3 is 2.46 bits per heavy atom. The van der Waals surface area contributed by atoms with Crippen LogP contribution in [0.25, 0.3) is 0 Å². The summed E-state index contributed by atoms with van der Waals surface area (Å²) >= 11 is 0. The van der Waals surface area contributed by atoms with Crippen molar-refractivity contribution < 1.29 is 24.5 Å². The van der Waals surface area contributed by atoms with Crippen molar-refractivity contribution >= 4 is 5.97 Å². The molecular weight excluding hydrogens is 308 g/mol. The Kier molecular flexibility index (Phi) is 8.83. The second-order valence-corrected chi connectivity index (χ2v) is 5.49. The highest BCUT2D eigenvalue weighted by molar-refractivity contribution is 5.83. The number of hydrogen-bond acceptors (Lipinski definition) is 5. The molecule has 5 heteroatoms. The summed E-state index contributed by atoms with van der Waals surface area (Å²) in [6.45, 7) is 6.05. The van der Waals surface area contributed by atoms with Crippen LogP contribution in [0.4, 0.5) is 0 Å². The third-order valence-corrected chi connectivity index (χ3v) is 3.25. The Balaban J connectivity index is 2.63. The summed E-state index contributed by atoms with van der Waals surface area (Å²) in [4.78, 5) is 11.4. The van der Waals surface area contributed by atoms with E-state index < -0.39 is 6.10 Å². The molecule has 1 aromatic rings. The minimum atomic E-state index is -0.636. The Hall–Kier alpha value is -2.11. The molecule has 0 saturated carbocycles. The van der Waals surface area contributed by atoms with Crippen molar-refractivity contribution in [3.63, 3.8) is 0 Å². The van der Waals surface area contributed by atoms with Gasteiger partial charge in [-0.15, -0.1) is 0 Å². The van der Waals surface area contributed by atoms with Crippen LogP contribution in [0.3, 0.4) is 0 Å². The molecule has 24 heavy (non-hydrogen) atoms. The van der Waals surface area contributed by atoms with Crippen molar-refractivity contribution in [3.8, 4) is 5.75 Å². The predicted octanol–water partition coefficient (Wildman–Crippen LogP) is 2.94. The topological polar surface area (TPSA) is 76.0 Å². The van der Waals surface area contributed by atoms with E-state index in [4.69, 9.17) is 14.6 Å². The summed E-state index contributed by atoms with van der Waals surface area (Å²) in [5, 5.41) is 19.0. The van der Waals surface area contributed by atoms with Crippen LogP contribution in [0.2, 0.25) is 0 Å². The smallest absolute Gasteiger partial charge is 0.330 e. The molecule has 1 atom stereocenters. The lowest BCUT2D eigenvalue weighted by atomic mass is 10.0. The van der Waals surface area contributed by atoms with Crippen LogP contribution >= 0.6 is 0 Å². The lowest BCUT2D eigenvalue weighted by Crippen LogP contribution is -2.02. The Morgan fingerprint density at radius 1 is 1.21 bits per heavy atom. The average Bonchev–Trinajstić information content (AvgIpc) is 2.53. The Bertz CT molecular complexity index is 572. The molecular formula is C19H26O5. The lowest BCUT2D eigenvalue weighted by Gasteiger charge is -2.12. The molecule has 0 heterocycles. The number of aliphatic hydroxyl groups is 2. The van der Waals surface area contributed by atoms with Crippen molar-refractivity contribution in [2.24, 2.45) is 0 Å². The number of carbonyl (C=O) groups excluding carboxylic acids is 1. The van der Waals surface area contributed by atoms with Crippen molar-refractivity contribution in [1.82, 2.24) is 0 Å². The first-order chi connectivity index (χ1) is 11.5. The maximum absolute atomic E-state index is 11.4. The number of carbonyl (C=O) groups is 1. The highest BCUT2D eigenvalue weighted by Crippen LogP contribution is 2.23. The fraction of sp³-hybridized carbons (Fsp3) is 0.421. The largest absolute Gasteiger partial charge is 0.491 e. The van der Waals surface area contributed by atoms with E-state index in [0.717, 1.165) is 16.7 Å². The summed E-state index contributed by atoms with van der Waals surface area (Å²) in [5.41, 5.74) is 2.53. The van der Waals surface area contributed by atoms with Crippen molar-refractivity contribution in [2.75, 3.05) is 19.8 Å². The van der Waals surface area contributed by atoms with Crippen LogP contribution in [0.5, 0.6) is 5.75 Å². The van der Waals surface area contributed by atoms with Gasteiger partial charge in [-0.3, -0.25) is 0 Å². The van der Waals surface area contributed by atoms with Gasteiger partial charge in [-0.2, -0.15) is 0 Å². The fourth-order valence-corrected chi connectivity index (χ4v) is 2.23. The molecule has 0 amide bonds. The molecule has 0 fully saturated rings. The fourth-order valence-electron chi connectivity index (χ4n) is 2.23. The highest BCUT2D eigenvalue weighted by Gasteiger charge is 2.09. The van der Waals surface area contributed by atoms with E-state index in [1.165, 1.54) is 6.08 Å². The van der Waals surface area contributed by atoms with Crippen molar-refractivity contribution in [3.05, 3.63) is 53.1 Å². The third kappa shape index (κ3) is 7.44. The number of aliphatic hydroxyl groups excluding tert-OH is 2. The average molecular weight is 334 g/mol. The molecule has 132 valence electrons. The first kappa shape index (κ1) is 19.9. The molecule has 0 unspecified atom stereocenters. The van der Waals surface area contributed by atoms with E-state index in [9.17, 15) is 9.90 Å². The van der Waals surface area contributed by atoms with Crippen LogP contribution in [0.1, 0.15) is 38.9 Å². The summed E-state index contributed by atoms with van der Waals surface area (Å²) in [6, 6.07) is 7.12. The molecule has 0 saturated heterocycles. The van der Waals surface area contributed by atoms with Gasteiger partial charge in [0.2, 0.25) is 0 Å². The molecule has 0 radical (unpaired) electrons. The molecule has 1 rings (SSSR count). The Labute approximate surface area is 143 Å². The van der Waals surface area contributed by atoms with Crippen molar-refractivity contribution in [2.45, 2.75) is 33.3 Å².